The van der Waals surface area contributed by atoms with E-state index >= 15 is 0 Å². The van der Waals surface area contributed by atoms with Gasteiger partial charge in [0.05, 0.1) is 5.75 Å². The van der Waals surface area contributed by atoms with Gasteiger partial charge in [0.1, 0.15) is 0 Å². The molecule has 2 aromatic rings. The third-order valence-electron chi connectivity index (χ3n) is 5.00. The number of aromatic amines is 1. The molecular weight excluding hydrogens is 410 g/mol. The van der Waals surface area contributed by atoms with Crippen LogP contribution in [0, 0.1) is 0 Å². The van der Waals surface area contributed by atoms with Gasteiger partial charge in [0.2, 0.25) is 10.0 Å². The van der Waals surface area contributed by atoms with Gasteiger partial charge in [0.15, 0.2) is 0 Å². The number of hydrogen-bond acceptors (Lipinski definition) is 5. The molecule has 1 saturated heterocycles. The first kappa shape index (κ1) is 23.6. The maximum atomic E-state index is 11.7. The molecule has 1 aromatic heterocycles. The van der Waals surface area contributed by atoms with Crippen LogP contribution < -0.4 is 4.72 Å². The maximum absolute atomic E-state index is 11.7. The van der Waals surface area contributed by atoms with Crippen molar-refractivity contribution >= 4 is 32.9 Å². The number of carbonyl (C=O) groups is 2. The van der Waals surface area contributed by atoms with Crippen LogP contribution in [-0.4, -0.2) is 67.1 Å². The van der Waals surface area contributed by atoms with Crippen molar-refractivity contribution in [2.45, 2.75) is 31.1 Å². The van der Waals surface area contributed by atoms with Crippen LogP contribution in [0.4, 0.5) is 0 Å². The fourth-order valence-corrected chi connectivity index (χ4v) is 4.17. The lowest BCUT2D eigenvalue weighted by molar-refractivity contribution is -0.134. The van der Waals surface area contributed by atoms with E-state index in [1.54, 1.807) is 0 Å². The van der Waals surface area contributed by atoms with E-state index in [1.807, 2.05) is 18.2 Å². The van der Waals surface area contributed by atoms with Gasteiger partial charge in [-0.2, -0.15) is 0 Å². The molecule has 10 heteroatoms. The Hall–Kier alpha value is -2.69. The van der Waals surface area contributed by atoms with Crippen molar-refractivity contribution < 1.29 is 28.2 Å². The van der Waals surface area contributed by atoms with Crippen molar-refractivity contribution in [3.8, 4) is 0 Å². The largest absolute Gasteiger partial charge is 0.478 e. The number of carboxylic acid groups (broad SMARTS) is 2. The molecule has 30 heavy (non-hydrogen) atoms. The van der Waals surface area contributed by atoms with E-state index in [-0.39, 0.29) is 5.75 Å². The summed E-state index contributed by atoms with van der Waals surface area (Å²) in [6.45, 7) is 1.17. The van der Waals surface area contributed by atoms with Crippen LogP contribution in [0.2, 0.25) is 0 Å². The molecule has 164 valence electrons. The molecule has 4 N–H and O–H groups in total. The minimum Gasteiger partial charge on any atom is -0.478 e. The Labute approximate surface area is 175 Å². The van der Waals surface area contributed by atoms with Gasteiger partial charge in [0, 0.05) is 35.3 Å². The van der Waals surface area contributed by atoms with Crippen LogP contribution in [0.3, 0.4) is 0 Å². The third kappa shape index (κ3) is 6.97. The molecule has 0 amide bonds. The number of aliphatic carboxylic acids is 2. The number of nitrogens with one attached hydrogen (secondary N) is 2. The van der Waals surface area contributed by atoms with Crippen molar-refractivity contribution in [2.24, 2.45) is 0 Å². The molecular formula is C20H27N3O6S. The summed E-state index contributed by atoms with van der Waals surface area (Å²) in [6, 6.07) is 6.44. The van der Waals surface area contributed by atoms with Crippen molar-refractivity contribution in [2.75, 3.05) is 20.6 Å². The maximum Gasteiger partial charge on any atom is 0.328 e. The summed E-state index contributed by atoms with van der Waals surface area (Å²) < 4.78 is 25.8. The number of fused-ring (bicyclic) bond motifs is 1. The number of carboxylic acids is 2. The number of benzene rings is 1. The Balaban J connectivity index is 0.000000343. The normalized spacial score (nSPS) is 17.2. The second kappa shape index (κ2) is 10.4. The summed E-state index contributed by atoms with van der Waals surface area (Å²) in [7, 11) is 0.391. The first-order valence-electron chi connectivity index (χ1n) is 9.45. The lowest BCUT2D eigenvalue weighted by Gasteiger charge is -2.18. The minimum atomic E-state index is -3.24. The third-order valence-corrected chi connectivity index (χ3v) is 6.33. The Morgan fingerprint density at radius 3 is 2.47 bits per heavy atom. The molecule has 1 fully saturated rings. The number of aromatic nitrogens is 1. The van der Waals surface area contributed by atoms with Crippen LogP contribution in [0.5, 0.6) is 0 Å². The number of sulfonamides is 1. The number of likely N-dealkylation sites (N-methyl/N-ethyl adjacent to an activating group) is 1. The lowest BCUT2D eigenvalue weighted by Crippen LogP contribution is -2.26. The van der Waals surface area contributed by atoms with Gasteiger partial charge in [-0.15, -0.1) is 0 Å². The zero-order valence-electron chi connectivity index (χ0n) is 17.0. The van der Waals surface area contributed by atoms with E-state index in [1.165, 1.54) is 32.0 Å². The predicted molar refractivity (Wildman–Crippen MR) is 114 cm³/mol. The number of likely N-dealkylation sites (tertiary alicyclic amines) is 1. The van der Waals surface area contributed by atoms with Crippen molar-refractivity contribution in [3.63, 3.8) is 0 Å². The molecule has 2 heterocycles. The number of nitrogens with zero attached hydrogens (tertiary/aromatic N) is 1. The second-order valence-corrected chi connectivity index (χ2v) is 9.07. The molecule has 0 saturated carbocycles. The molecule has 9 nitrogen and oxygen atoms in total. The van der Waals surface area contributed by atoms with E-state index < -0.39 is 22.0 Å². The van der Waals surface area contributed by atoms with Gasteiger partial charge < -0.3 is 20.1 Å². The zero-order valence-corrected chi connectivity index (χ0v) is 17.8. The quantitative estimate of drug-likeness (QED) is 0.482. The van der Waals surface area contributed by atoms with Crippen LogP contribution in [0.15, 0.2) is 36.5 Å². The highest BCUT2D eigenvalue weighted by molar-refractivity contribution is 7.88. The van der Waals surface area contributed by atoms with E-state index in [2.05, 4.69) is 27.9 Å². The molecule has 1 aliphatic heterocycles. The van der Waals surface area contributed by atoms with Crippen LogP contribution >= 0.6 is 0 Å². The molecule has 0 bridgehead atoms. The summed E-state index contributed by atoms with van der Waals surface area (Å²) in [5.41, 5.74) is 3.17. The highest BCUT2D eigenvalue weighted by Gasteiger charge is 2.22. The van der Waals surface area contributed by atoms with E-state index in [0.29, 0.717) is 18.2 Å². The van der Waals surface area contributed by atoms with Crippen molar-refractivity contribution in [1.82, 2.24) is 14.6 Å². The van der Waals surface area contributed by atoms with Crippen molar-refractivity contribution in [3.05, 3.63) is 47.7 Å². The highest BCUT2D eigenvalue weighted by Crippen LogP contribution is 2.26. The molecule has 0 spiro atoms. The van der Waals surface area contributed by atoms with Crippen LogP contribution in [0.1, 0.15) is 24.0 Å². The Bertz CT molecular complexity index is 1010. The smallest absolute Gasteiger partial charge is 0.328 e. The van der Waals surface area contributed by atoms with Crippen LogP contribution in [-0.2, 0) is 31.8 Å². The number of hydrogen-bond donors (Lipinski definition) is 4. The molecule has 3 rings (SSSR count). The second-order valence-electron chi connectivity index (χ2n) is 7.15. The minimum absolute atomic E-state index is 0.0212. The number of rotatable bonds is 7. The average Bonchev–Trinajstić information content (AvgIpc) is 3.27. The summed E-state index contributed by atoms with van der Waals surface area (Å²) in [6.07, 6.45) is 6.68. The summed E-state index contributed by atoms with van der Waals surface area (Å²) >= 11 is 0. The fourth-order valence-electron chi connectivity index (χ4n) is 3.41. The van der Waals surface area contributed by atoms with Gasteiger partial charge in [-0.1, -0.05) is 6.07 Å². The summed E-state index contributed by atoms with van der Waals surface area (Å²) in [5, 5.41) is 16.8. The Morgan fingerprint density at radius 1 is 1.27 bits per heavy atom. The molecule has 0 unspecified atom stereocenters. The molecule has 0 radical (unpaired) electrons. The first-order chi connectivity index (χ1) is 14.1. The standard InChI is InChI=1S/C16H23N3O2S.C4H4O4/c1-17-22(20,21)11-12-5-6-16-15(8-12)13(10-18-16)9-14-4-3-7-19(14)2;5-3(6)1-2-4(7)8/h5-6,8,10,14,17-18H,3-4,7,9,11H2,1-2H3;1-2H,(H,5,6)(H,7,8)/t14-;/m1./s1. The van der Waals surface area contributed by atoms with E-state index in [4.69, 9.17) is 10.2 Å². The molecule has 1 aromatic carbocycles. The SMILES string of the molecule is CNS(=O)(=O)Cc1ccc2[nH]cc(C[C@H]3CCCN3C)c2c1.O=C(O)C=CC(=O)O. The van der Waals surface area contributed by atoms with Crippen LogP contribution in [0.25, 0.3) is 10.9 Å². The monoisotopic (exact) mass is 437 g/mol. The van der Waals surface area contributed by atoms with Gasteiger partial charge in [0.25, 0.3) is 0 Å². The summed E-state index contributed by atoms with van der Waals surface area (Å²) in [4.78, 5) is 24.8. The van der Waals surface area contributed by atoms with E-state index in [0.717, 1.165) is 22.9 Å². The first-order valence-corrected chi connectivity index (χ1v) is 11.1. The van der Waals surface area contributed by atoms with Gasteiger partial charge >= 0.3 is 11.9 Å². The molecule has 1 atom stereocenters. The van der Waals surface area contributed by atoms with Gasteiger partial charge in [-0.05, 0) is 63.2 Å². The predicted octanol–water partition coefficient (Wildman–Crippen LogP) is 1.57. The Kier molecular flexibility index (Phi) is 8.16. The average molecular weight is 438 g/mol. The topological polar surface area (TPSA) is 140 Å². The zero-order chi connectivity index (χ0) is 22.3. The highest BCUT2D eigenvalue weighted by atomic mass is 32.2. The van der Waals surface area contributed by atoms with Crippen molar-refractivity contribution in [1.29, 1.82) is 0 Å². The lowest BCUT2D eigenvalue weighted by atomic mass is 10.0. The Morgan fingerprint density at radius 2 is 1.93 bits per heavy atom. The fraction of sp³-hybridized carbons (Fsp3) is 0.400. The molecule has 0 aliphatic carbocycles. The van der Waals surface area contributed by atoms with Gasteiger partial charge in [-0.3, -0.25) is 0 Å². The van der Waals surface area contributed by atoms with E-state index in [9.17, 15) is 18.0 Å². The summed E-state index contributed by atoms with van der Waals surface area (Å²) in [5.74, 6) is -2.49. The van der Waals surface area contributed by atoms with Gasteiger partial charge in [-0.25, -0.2) is 22.7 Å². The number of H-pyrrole nitrogens is 1. The molecule has 1 aliphatic rings.